The summed E-state index contributed by atoms with van der Waals surface area (Å²) in [7, 11) is 1.67. The monoisotopic (exact) mass is 527 g/mol. The highest BCUT2D eigenvalue weighted by Crippen LogP contribution is 2.42. The highest BCUT2D eigenvalue weighted by molar-refractivity contribution is 7.10. The summed E-state index contributed by atoms with van der Waals surface area (Å²) in [6, 6.07) is 13.7. The van der Waals surface area contributed by atoms with E-state index in [0.717, 1.165) is 67.5 Å². The molecule has 1 N–H and O–H groups in total. The van der Waals surface area contributed by atoms with Crippen molar-refractivity contribution >= 4 is 28.8 Å². The molecule has 0 saturated heterocycles. The maximum absolute atomic E-state index is 14.1. The molecule has 38 heavy (non-hydrogen) atoms. The molecular formula is C31H33N3O3S. The predicted molar refractivity (Wildman–Crippen MR) is 150 cm³/mol. The Balaban J connectivity index is 1.55. The number of nitrogens with zero attached hydrogens (tertiary/aromatic N) is 2. The highest BCUT2D eigenvalue weighted by Gasteiger charge is 2.39. The van der Waals surface area contributed by atoms with Crippen LogP contribution in [0.5, 0.6) is 5.75 Å². The van der Waals surface area contributed by atoms with E-state index in [1.54, 1.807) is 12.5 Å². The Kier molecular flexibility index (Phi) is 7.80. The lowest BCUT2D eigenvalue weighted by atomic mass is 9.82. The lowest BCUT2D eigenvalue weighted by Crippen LogP contribution is -2.48. The smallest absolute Gasteiger partial charge is 0.274 e. The van der Waals surface area contributed by atoms with Gasteiger partial charge in [-0.1, -0.05) is 44.4 Å². The van der Waals surface area contributed by atoms with Crippen LogP contribution in [0.3, 0.4) is 0 Å². The van der Waals surface area contributed by atoms with Gasteiger partial charge in [-0.15, -0.1) is 17.8 Å². The number of terminal acetylenes is 1. The van der Waals surface area contributed by atoms with Crippen LogP contribution in [0.4, 0.5) is 5.69 Å². The van der Waals surface area contributed by atoms with Crippen LogP contribution >= 0.6 is 11.3 Å². The van der Waals surface area contributed by atoms with Crippen molar-refractivity contribution in [2.45, 2.75) is 64.0 Å². The Morgan fingerprint density at radius 1 is 1.21 bits per heavy atom. The zero-order chi connectivity index (χ0) is 26.6. The van der Waals surface area contributed by atoms with E-state index in [1.807, 2.05) is 35.2 Å². The van der Waals surface area contributed by atoms with Crippen molar-refractivity contribution in [2.24, 2.45) is 5.92 Å². The van der Waals surface area contributed by atoms with Crippen molar-refractivity contribution < 1.29 is 14.3 Å². The third-order valence-electron chi connectivity index (χ3n) is 7.71. The van der Waals surface area contributed by atoms with E-state index in [9.17, 15) is 9.59 Å². The molecule has 196 valence electrons. The molecule has 3 aromatic rings. The molecule has 2 amide bonds. The molecule has 1 aromatic heterocycles. The predicted octanol–water partition coefficient (Wildman–Crippen LogP) is 6.22. The van der Waals surface area contributed by atoms with Crippen LogP contribution < -0.4 is 10.1 Å². The number of benzene rings is 2. The first-order valence-electron chi connectivity index (χ1n) is 13.3. The topological polar surface area (TPSA) is 71.5 Å². The number of unbranched alkanes of at least 4 members (excludes halogenated alkanes) is 1. The highest BCUT2D eigenvalue weighted by atomic mass is 32.1. The Morgan fingerprint density at radius 3 is 2.63 bits per heavy atom. The molecule has 2 unspecified atom stereocenters. The molecule has 5 rings (SSSR count). The number of hydrogen-bond acceptors (Lipinski definition) is 5. The van der Waals surface area contributed by atoms with Gasteiger partial charge < -0.3 is 15.0 Å². The number of aromatic nitrogens is 1. The first-order valence-corrected chi connectivity index (χ1v) is 14.2. The fourth-order valence-corrected chi connectivity index (χ4v) is 6.00. The fourth-order valence-electron chi connectivity index (χ4n) is 5.40. The minimum absolute atomic E-state index is 0.000961. The first kappa shape index (κ1) is 26.0. The molecule has 7 heteroatoms. The van der Waals surface area contributed by atoms with Gasteiger partial charge >= 0.3 is 0 Å². The zero-order valence-electron chi connectivity index (χ0n) is 21.9. The van der Waals surface area contributed by atoms with Crippen molar-refractivity contribution in [1.82, 2.24) is 9.88 Å². The number of fused-ring (bicyclic) bond motifs is 1. The summed E-state index contributed by atoms with van der Waals surface area (Å²) < 4.78 is 5.53. The lowest BCUT2D eigenvalue weighted by Gasteiger charge is -2.43. The third kappa shape index (κ3) is 5.19. The number of carbonyl (C=O) groups excluding carboxylic acids is 2. The standard InChI is InChI=1S/C31H33N3O3S/c1-4-6-10-24-17-22-18-25(37-3)15-16-26(22)29(34(24)31(36)27-19-38-28(5-2)33-27)20-11-13-23(14-12-20)32-30(35)21-8-7-9-21/h2,11-16,18-19,21,24,29H,4,6-10,17H2,1,3H3,(H,32,35). The van der Waals surface area contributed by atoms with Crippen LogP contribution in [-0.2, 0) is 11.2 Å². The summed E-state index contributed by atoms with van der Waals surface area (Å²) in [5, 5.41) is 5.31. The number of rotatable bonds is 8. The van der Waals surface area contributed by atoms with E-state index in [1.165, 1.54) is 16.9 Å². The molecular weight excluding hydrogens is 494 g/mol. The molecule has 1 aliphatic heterocycles. The number of hydrogen-bond donors (Lipinski definition) is 1. The molecule has 2 aliphatic rings. The van der Waals surface area contributed by atoms with E-state index in [2.05, 4.69) is 35.3 Å². The zero-order valence-corrected chi connectivity index (χ0v) is 22.7. The molecule has 2 heterocycles. The van der Waals surface area contributed by atoms with Gasteiger partial charge in [0.25, 0.3) is 5.91 Å². The van der Waals surface area contributed by atoms with Gasteiger partial charge in [-0.05, 0) is 72.6 Å². The second-order valence-corrected chi connectivity index (χ2v) is 11.0. The normalized spacial score (nSPS) is 18.7. The Bertz CT molecular complexity index is 1350. The number of anilines is 1. The van der Waals surface area contributed by atoms with Gasteiger partial charge in [0.1, 0.15) is 11.4 Å². The van der Waals surface area contributed by atoms with E-state index < -0.39 is 0 Å². The Labute approximate surface area is 228 Å². The second-order valence-electron chi connectivity index (χ2n) is 10.1. The van der Waals surface area contributed by atoms with Crippen molar-refractivity contribution in [3.63, 3.8) is 0 Å². The first-order chi connectivity index (χ1) is 18.5. The van der Waals surface area contributed by atoms with Crippen molar-refractivity contribution in [3.05, 3.63) is 75.2 Å². The van der Waals surface area contributed by atoms with Gasteiger partial charge in [0.2, 0.25) is 5.91 Å². The SMILES string of the molecule is C#Cc1nc(C(=O)N2C(CCCC)Cc3cc(OC)ccc3C2c2ccc(NC(=O)C3CCC3)cc2)cs1. The number of ether oxygens (including phenoxy) is 1. The molecule has 2 atom stereocenters. The van der Waals surface area contributed by atoms with E-state index in [0.29, 0.717) is 10.7 Å². The van der Waals surface area contributed by atoms with Crippen LogP contribution in [0.25, 0.3) is 0 Å². The minimum atomic E-state index is -0.300. The summed E-state index contributed by atoms with van der Waals surface area (Å²) in [6.45, 7) is 2.17. The molecule has 0 bridgehead atoms. The minimum Gasteiger partial charge on any atom is -0.497 e. The van der Waals surface area contributed by atoms with E-state index in [4.69, 9.17) is 11.2 Å². The van der Waals surface area contributed by atoms with Gasteiger partial charge in [0, 0.05) is 23.0 Å². The van der Waals surface area contributed by atoms with E-state index in [-0.39, 0.29) is 29.8 Å². The Hall–Kier alpha value is -3.63. The number of nitrogens with one attached hydrogen (secondary N) is 1. The summed E-state index contributed by atoms with van der Waals surface area (Å²) in [4.78, 5) is 33.0. The molecule has 0 radical (unpaired) electrons. The molecule has 1 fully saturated rings. The number of amides is 2. The molecule has 1 aliphatic carbocycles. The lowest BCUT2D eigenvalue weighted by molar-refractivity contribution is -0.122. The van der Waals surface area contributed by atoms with Crippen molar-refractivity contribution in [2.75, 3.05) is 12.4 Å². The molecule has 0 spiro atoms. The van der Waals surface area contributed by atoms with Crippen LogP contribution in [-0.4, -0.2) is 34.8 Å². The third-order valence-corrected chi connectivity index (χ3v) is 8.49. The van der Waals surface area contributed by atoms with Gasteiger partial charge in [-0.2, -0.15) is 0 Å². The average molecular weight is 528 g/mol. The van der Waals surface area contributed by atoms with Crippen molar-refractivity contribution in [3.8, 4) is 18.1 Å². The summed E-state index contributed by atoms with van der Waals surface area (Å²) in [5.74, 6) is 3.45. The van der Waals surface area contributed by atoms with Gasteiger partial charge in [0.15, 0.2) is 5.01 Å². The van der Waals surface area contributed by atoms with Gasteiger partial charge in [-0.3, -0.25) is 9.59 Å². The van der Waals surface area contributed by atoms with Crippen LogP contribution in [0.2, 0.25) is 0 Å². The fraction of sp³-hybridized carbons (Fsp3) is 0.387. The molecule has 1 saturated carbocycles. The molecule has 6 nitrogen and oxygen atoms in total. The van der Waals surface area contributed by atoms with Crippen LogP contribution in [0.15, 0.2) is 47.8 Å². The van der Waals surface area contributed by atoms with Crippen LogP contribution in [0, 0.1) is 18.3 Å². The average Bonchev–Trinajstić information content (AvgIpc) is 3.39. The number of carbonyl (C=O) groups is 2. The van der Waals surface area contributed by atoms with Gasteiger partial charge in [-0.25, -0.2) is 4.98 Å². The van der Waals surface area contributed by atoms with Gasteiger partial charge in [0.05, 0.1) is 13.2 Å². The molecule has 2 aromatic carbocycles. The largest absolute Gasteiger partial charge is 0.497 e. The Morgan fingerprint density at radius 2 is 2.00 bits per heavy atom. The summed E-state index contributed by atoms with van der Waals surface area (Å²) in [5.41, 5.74) is 4.40. The van der Waals surface area contributed by atoms with Crippen molar-refractivity contribution in [1.29, 1.82) is 0 Å². The quantitative estimate of drug-likeness (QED) is 0.353. The summed E-state index contributed by atoms with van der Waals surface area (Å²) in [6.07, 6.45) is 12.3. The summed E-state index contributed by atoms with van der Waals surface area (Å²) >= 11 is 1.31. The number of thiazole rings is 1. The number of methoxy groups -OCH3 is 1. The van der Waals surface area contributed by atoms with E-state index >= 15 is 0 Å². The van der Waals surface area contributed by atoms with Crippen LogP contribution in [0.1, 0.15) is 83.7 Å². The second kappa shape index (κ2) is 11.4. The maximum Gasteiger partial charge on any atom is 0.274 e. The maximum atomic E-state index is 14.1.